The monoisotopic (exact) mass is 453 g/mol. The van der Waals surface area contributed by atoms with E-state index >= 15 is 0 Å². The van der Waals surface area contributed by atoms with Gasteiger partial charge >= 0.3 is 0 Å². The number of aromatic nitrogens is 1. The Morgan fingerprint density at radius 1 is 0.848 bits per heavy atom. The zero-order valence-electron chi connectivity index (χ0n) is 18.5. The van der Waals surface area contributed by atoms with Gasteiger partial charge in [-0.1, -0.05) is 72.8 Å². The molecule has 1 aliphatic heterocycles. The van der Waals surface area contributed by atoms with Gasteiger partial charge in [0.1, 0.15) is 0 Å². The Morgan fingerprint density at radius 3 is 2.27 bits per heavy atom. The second kappa shape index (κ2) is 10.4. The molecule has 0 bridgehead atoms. The molecule has 33 heavy (non-hydrogen) atoms. The van der Waals surface area contributed by atoms with Crippen LogP contribution in [0.15, 0.2) is 95.4 Å². The van der Waals surface area contributed by atoms with Gasteiger partial charge in [0.05, 0.1) is 11.9 Å². The lowest BCUT2D eigenvalue weighted by molar-refractivity contribution is 0.250. The molecular formula is C27H27N5S. The van der Waals surface area contributed by atoms with Crippen molar-refractivity contribution in [2.75, 3.05) is 36.5 Å². The predicted octanol–water partition coefficient (Wildman–Crippen LogP) is 5.58. The van der Waals surface area contributed by atoms with Gasteiger partial charge in [-0.3, -0.25) is 10.3 Å². The molecule has 5 rings (SSSR count). The fourth-order valence-corrected chi connectivity index (χ4v) is 4.67. The fourth-order valence-electron chi connectivity index (χ4n) is 4.01. The third-order valence-electron chi connectivity index (χ3n) is 5.83. The second-order valence-corrected chi connectivity index (χ2v) is 8.97. The molecule has 0 aliphatic carbocycles. The van der Waals surface area contributed by atoms with E-state index in [1.165, 1.54) is 11.3 Å². The largest absolute Gasteiger partial charge is 0.369 e. The molecule has 3 aromatic carbocycles. The first-order chi connectivity index (χ1) is 16.3. The van der Waals surface area contributed by atoms with Crippen molar-refractivity contribution in [2.24, 2.45) is 5.10 Å². The summed E-state index contributed by atoms with van der Waals surface area (Å²) >= 11 is 1.55. The average Bonchev–Trinajstić information content (AvgIpc) is 3.35. The molecule has 2 heterocycles. The van der Waals surface area contributed by atoms with Gasteiger partial charge in [0.15, 0.2) is 0 Å². The first-order valence-electron chi connectivity index (χ1n) is 11.2. The summed E-state index contributed by atoms with van der Waals surface area (Å²) < 4.78 is 0. The van der Waals surface area contributed by atoms with Gasteiger partial charge in [0.2, 0.25) is 5.13 Å². The van der Waals surface area contributed by atoms with Gasteiger partial charge in [-0.2, -0.15) is 5.10 Å². The van der Waals surface area contributed by atoms with Crippen LogP contribution in [0.25, 0.3) is 11.3 Å². The third kappa shape index (κ3) is 5.66. The van der Waals surface area contributed by atoms with Gasteiger partial charge in [-0.05, 0) is 23.3 Å². The van der Waals surface area contributed by atoms with E-state index in [0.29, 0.717) is 0 Å². The van der Waals surface area contributed by atoms with Crippen LogP contribution in [-0.2, 0) is 6.54 Å². The summed E-state index contributed by atoms with van der Waals surface area (Å²) in [7, 11) is 0. The summed E-state index contributed by atoms with van der Waals surface area (Å²) in [4.78, 5) is 9.59. The summed E-state index contributed by atoms with van der Waals surface area (Å²) in [6.45, 7) is 5.30. The topological polar surface area (TPSA) is 43.8 Å². The Labute approximate surface area is 199 Å². The van der Waals surface area contributed by atoms with Crippen molar-refractivity contribution in [3.63, 3.8) is 0 Å². The zero-order valence-corrected chi connectivity index (χ0v) is 19.3. The molecule has 1 saturated heterocycles. The fraction of sp³-hybridized carbons (Fsp3) is 0.185. The molecule has 1 aromatic heterocycles. The minimum Gasteiger partial charge on any atom is -0.369 e. The molecule has 0 spiro atoms. The number of thiazole rings is 1. The second-order valence-electron chi connectivity index (χ2n) is 8.11. The molecule has 1 aliphatic rings. The molecule has 0 unspecified atom stereocenters. The van der Waals surface area contributed by atoms with Crippen LogP contribution in [0.5, 0.6) is 0 Å². The first kappa shape index (κ1) is 21.4. The van der Waals surface area contributed by atoms with Crippen molar-refractivity contribution in [3.8, 4) is 11.3 Å². The highest BCUT2D eigenvalue weighted by Gasteiger charge is 2.17. The predicted molar refractivity (Wildman–Crippen MR) is 139 cm³/mol. The molecule has 0 saturated carbocycles. The number of benzene rings is 3. The van der Waals surface area contributed by atoms with Gasteiger partial charge < -0.3 is 4.90 Å². The van der Waals surface area contributed by atoms with E-state index in [1.54, 1.807) is 11.3 Å². The zero-order chi connectivity index (χ0) is 22.3. The van der Waals surface area contributed by atoms with E-state index in [1.807, 2.05) is 29.8 Å². The van der Waals surface area contributed by atoms with Crippen LogP contribution in [0.3, 0.4) is 0 Å². The molecule has 4 aromatic rings. The number of hydrogen-bond donors (Lipinski definition) is 1. The normalized spacial score (nSPS) is 14.6. The molecule has 0 radical (unpaired) electrons. The number of anilines is 2. The van der Waals surface area contributed by atoms with Crippen LogP contribution < -0.4 is 10.3 Å². The van der Waals surface area contributed by atoms with E-state index in [9.17, 15) is 0 Å². The number of nitrogens with one attached hydrogen (secondary N) is 1. The highest BCUT2D eigenvalue weighted by molar-refractivity contribution is 7.14. The van der Waals surface area contributed by atoms with Gasteiger partial charge in [0, 0.05) is 49.4 Å². The van der Waals surface area contributed by atoms with Crippen molar-refractivity contribution in [2.45, 2.75) is 6.54 Å². The highest BCUT2D eigenvalue weighted by Crippen LogP contribution is 2.24. The van der Waals surface area contributed by atoms with E-state index in [4.69, 9.17) is 0 Å². The molecular weight excluding hydrogens is 426 g/mol. The Balaban J connectivity index is 1.11. The summed E-state index contributed by atoms with van der Waals surface area (Å²) in [6.07, 6.45) is 1.84. The molecule has 166 valence electrons. The van der Waals surface area contributed by atoms with Crippen LogP contribution in [0.2, 0.25) is 0 Å². The average molecular weight is 454 g/mol. The standard InChI is InChI=1S/C27H27N5S/c1-3-7-23(8-4-1)20-31-15-17-32(18-16-31)25-13-11-22(12-14-25)19-28-30-27-29-26(21-33-27)24-9-5-2-6-10-24/h1-14,19,21H,15-18,20H2,(H,29,30). The highest BCUT2D eigenvalue weighted by atomic mass is 32.1. The maximum Gasteiger partial charge on any atom is 0.203 e. The smallest absolute Gasteiger partial charge is 0.203 e. The minimum atomic E-state index is 0.787. The van der Waals surface area contributed by atoms with Crippen LogP contribution in [-0.4, -0.2) is 42.3 Å². The van der Waals surface area contributed by atoms with E-state index < -0.39 is 0 Å². The first-order valence-corrected chi connectivity index (χ1v) is 12.1. The number of piperazine rings is 1. The third-order valence-corrected chi connectivity index (χ3v) is 6.57. The van der Waals surface area contributed by atoms with E-state index in [0.717, 1.165) is 54.7 Å². The summed E-state index contributed by atoms with van der Waals surface area (Å²) in [6, 6.07) is 29.5. The van der Waals surface area contributed by atoms with Crippen LogP contribution in [0.4, 0.5) is 10.8 Å². The van der Waals surface area contributed by atoms with Crippen molar-refractivity contribution in [1.82, 2.24) is 9.88 Å². The number of rotatable bonds is 7. The number of nitrogens with zero attached hydrogens (tertiary/aromatic N) is 4. The Bertz CT molecular complexity index is 1160. The molecule has 0 atom stereocenters. The molecule has 6 heteroatoms. The lowest BCUT2D eigenvalue weighted by Gasteiger charge is -2.36. The molecule has 1 N–H and O–H groups in total. The number of hydrogen-bond acceptors (Lipinski definition) is 6. The summed E-state index contributed by atoms with van der Waals surface area (Å²) in [5.74, 6) is 0. The summed E-state index contributed by atoms with van der Waals surface area (Å²) in [5.41, 5.74) is 8.84. The Hall–Kier alpha value is -3.48. The van der Waals surface area contributed by atoms with E-state index in [2.05, 4.69) is 92.0 Å². The van der Waals surface area contributed by atoms with Crippen LogP contribution in [0, 0.1) is 0 Å². The van der Waals surface area contributed by atoms with Gasteiger partial charge in [-0.25, -0.2) is 4.98 Å². The van der Waals surface area contributed by atoms with Crippen molar-refractivity contribution in [1.29, 1.82) is 0 Å². The van der Waals surface area contributed by atoms with Gasteiger partial charge in [0.25, 0.3) is 0 Å². The maximum atomic E-state index is 4.60. The quantitative estimate of drug-likeness (QED) is 0.293. The van der Waals surface area contributed by atoms with Gasteiger partial charge in [-0.15, -0.1) is 11.3 Å². The molecule has 0 amide bonds. The van der Waals surface area contributed by atoms with Crippen molar-refractivity contribution in [3.05, 3.63) is 101 Å². The van der Waals surface area contributed by atoms with Crippen LogP contribution in [0.1, 0.15) is 11.1 Å². The lowest BCUT2D eigenvalue weighted by atomic mass is 10.1. The molecule has 1 fully saturated rings. The van der Waals surface area contributed by atoms with Crippen molar-refractivity contribution < 1.29 is 0 Å². The number of hydrazone groups is 1. The lowest BCUT2D eigenvalue weighted by Crippen LogP contribution is -2.45. The molecule has 5 nitrogen and oxygen atoms in total. The Kier molecular flexibility index (Phi) is 6.75. The summed E-state index contributed by atoms with van der Waals surface area (Å²) in [5, 5.41) is 7.19. The van der Waals surface area contributed by atoms with E-state index in [-0.39, 0.29) is 0 Å². The minimum absolute atomic E-state index is 0.787. The SMILES string of the molecule is C(=NNc1nc(-c2ccccc2)cs1)c1ccc(N2CCN(Cc3ccccc3)CC2)cc1. The van der Waals surface area contributed by atoms with Crippen LogP contribution >= 0.6 is 11.3 Å². The Morgan fingerprint density at radius 2 is 1.55 bits per heavy atom. The maximum absolute atomic E-state index is 4.60. The van der Waals surface area contributed by atoms with Crippen molar-refractivity contribution >= 4 is 28.4 Å².